The van der Waals surface area contributed by atoms with Gasteiger partial charge in [0.05, 0.1) is 0 Å². The van der Waals surface area contributed by atoms with Gasteiger partial charge in [-0.15, -0.1) is 0 Å². The molecule has 2 rings (SSSR count). The summed E-state index contributed by atoms with van der Waals surface area (Å²) in [6.07, 6.45) is 4.53. The van der Waals surface area contributed by atoms with Crippen molar-refractivity contribution in [2.75, 3.05) is 6.54 Å². The Labute approximate surface area is 83.8 Å². The summed E-state index contributed by atoms with van der Waals surface area (Å²) in [7, 11) is 0. The molecular weight excluding hydrogens is 174 g/mol. The average Bonchev–Trinajstić information content (AvgIpc) is 2.23. The summed E-state index contributed by atoms with van der Waals surface area (Å²) in [6, 6.07) is 10.1. The minimum absolute atomic E-state index is 0.219. The Hall–Kier alpha value is -1.57. The maximum atomic E-state index is 11.5. The Balaban J connectivity index is 2.04. The number of hydrogen-bond acceptors (Lipinski definition) is 1. The SMILES string of the molecule is O=C1CC=CCN1Cc1ccccc1. The molecular formula is C12H13NO. The van der Waals surface area contributed by atoms with Crippen molar-refractivity contribution >= 4 is 5.91 Å². The van der Waals surface area contributed by atoms with Gasteiger partial charge in [0.2, 0.25) is 5.91 Å². The molecule has 1 aliphatic heterocycles. The van der Waals surface area contributed by atoms with Gasteiger partial charge in [0, 0.05) is 19.5 Å². The molecule has 1 aliphatic rings. The van der Waals surface area contributed by atoms with Crippen LogP contribution in [0.15, 0.2) is 42.5 Å². The molecule has 0 N–H and O–H groups in total. The molecule has 2 heteroatoms. The number of carbonyl (C=O) groups is 1. The van der Waals surface area contributed by atoms with Crippen molar-refractivity contribution in [2.45, 2.75) is 13.0 Å². The van der Waals surface area contributed by atoms with Gasteiger partial charge in [-0.2, -0.15) is 0 Å². The van der Waals surface area contributed by atoms with Crippen LogP contribution in [0.2, 0.25) is 0 Å². The van der Waals surface area contributed by atoms with E-state index in [1.807, 2.05) is 47.4 Å². The first-order valence-corrected chi connectivity index (χ1v) is 4.83. The van der Waals surface area contributed by atoms with Gasteiger partial charge in [-0.3, -0.25) is 4.79 Å². The van der Waals surface area contributed by atoms with E-state index in [1.54, 1.807) is 0 Å². The summed E-state index contributed by atoms with van der Waals surface area (Å²) in [6.45, 7) is 1.47. The minimum Gasteiger partial charge on any atom is -0.334 e. The Bertz CT molecular complexity index is 343. The fourth-order valence-corrected chi connectivity index (χ4v) is 1.57. The summed E-state index contributed by atoms with van der Waals surface area (Å²) in [5, 5.41) is 0. The van der Waals surface area contributed by atoms with Gasteiger partial charge in [-0.25, -0.2) is 0 Å². The summed E-state index contributed by atoms with van der Waals surface area (Å²) in [5.74, 6) is 0.219. The second-order valence-electron chi connectivity index (χ2n) is 3.44. The first-order valence-electron chi connectivity index (χ1n) is 4.83. The molecule has 0 radical (unpaired) electrons. The highest BCUT2D eigenvalue weighted by Gasteiger charge is 2.13. The molecule has 0 saturated heterocycles. The van der Waals surface area contributed by atoms with Crippen LogP contribution in [0.5, 0.6) is 0 Å². The van der Waals surface area contributed by atoms with Crippen LogP contribution in [0.1, 0.15) is 12.0 Å². The Morgan fingerprint density at radius 3 is 2.64 bits per heavy atom. The molecule has 0 aliphatic carbocycles. The molecule has 1 aromatic rings. The summed E-state index contributed by atoms with van der Waals surface area (Å²) < 4.78 is 0. The van der Waals surface area contributed by atoms with Crippen molar-refractivity contribution < 1.29 is 4.79 Å². The van der Waals surface area contributed by atoms with Crippen LogP contribution in [-0.4, -0.2) is 17.4 Å². The van der Waals surface area contributed by atoms with Gasteiger partial charge in [-0.05, 0) is 5.56 Å². The lowest BCUT2D eigenvalue weighted by Crippen LogP contribution is -2.32. The molecule has 0 saturated carbocycles. The van der Waals surface area contributed by atoms with Crippen molar-refractivity contribution in [3.63, 3.8) is 0 Å². The zero-order chi connectivity index (χ0) is 9.80. The number of benzene rings is 1. The van der Waals surface area contributed by atoms with Crippen LogP contribution >= 0.6 is 0 Å². The Kier molecular flexibility index (Phi) is 2.63. The molecule has 0 aromatic heterocycles. The number of carbonyl (C=O) groups excluding carboxylic acids is 1. The maximum Gasteiger partial charge on any atom is 0.226 e. The Morgan fingerprint density at radius 2 is 1.93 bits per heavy atom. The van der Waals surface area contributed by atoms with E-state index in [0.717, 1.165) is 13.1 Å². The van der Waals surface area contributed by atoms with Crippen molar-refractivity contribution in [3.8, 4) is 0 Å². The van der Waals surface area contributed by atoms with E-state index < -0.39 is 0 Å². The summed E-state index contributed by atoms with van der Waals surface area (Å²) in [5.41, 5.74) is 1.19. The van der Waals surface area contributed by atoms with Crippen LogP contribution in [0.4, 0.5) is 0 Å². The molecule has 1 heterocycles. The maximum absolute atomic E-state index is 11.5. The van der Waals surface area contributed by atoms with Gasteiger partial charge >= 0.3 is 0 Å². The second kappa shape index (κ2) is 4.09. The molecule has 1 amide bonds. The van der Waals surface area contributed by atoms with E-state index in [-0.39, 0.29) is 5.91 Å². The monoisotopic (exact) mass is 187 g/mol. The van der Waals surface area contributed by atoms with Crippen molar-refractivity contribution in [1.82, 2.24) is 4.90 Å². The summed E-state index contributed by atoms with van der Waals surface area (Å²) in [4.78, 5) is 13.3. The van der Waals surface area contributed by atoms with Crippen LogP contribution in [0.3, 0.4) is 0 Å². The Morgan fingerprint density at radius 1 is 1.14 bits per heavy atom. The minimum atomic E-state index is 0.219. The number of amides is 1. The molecule has 0 spiro atoms. The van der Waals surface area contributed by atoms with Gasteiger partial charge in [-0.1, -0.05) is 42.5 Å². The highest BCUT2D eigenvalue weighted by atomic mass is 16.2. The third-order valence-electron chi connectivity index (χ3n) is 2.35. The van der Waals surface area contributed by atoms with Crippen molar-refractivity contribution in [2.24, 2.45) is 0 Å². The average molecular weight is 187 g/mol. The first kappa shape index (κ1) is 9.00. The summed E-state index contributed by atoms with van der Waals surface area (Å²) >= 11 is 0. The highest BCUT2D eigenvalue weighted by Crippen LogP contribution is 2.09. The fraction of sp³-hybridized carbons (Fsp3) is 0.250. The lowest BCUT2D eigenvalue weighted by Gasteiger charge is -2.23. The van der Waals surface area contributed by atoms with Crippen LogP contribution in [0, 0.1) is 0 Å². The molecule has 0 fully saturated rings. The second-order valence-corrected chi connectivity index (χ2v) is 3.44. The zero-order valence-corrected chi connectivity index (χ0v) is 8.02. The van der Waals surface area contributed by atoms with Crippen LogP contribution in [-0.2, 0) is 11.3 Å². The standard InChI is InChI=1S/C12H13NO/c14-12-8-4-5-9-13(12)10-11-6-2-1-3-7-11/h1-7H,8-10H2. The fourth-order valence-electron chi connectivity index (χ4n) is 1.57. The predicted molar refractivity (Wildman–Crippen MR) is 55.6 cm³/mol. The smallest absolute Gasteiger partial charge is 0.226 e. The normalized spacial score (nSPS) is 16.0. The van der Waals surface area contributed by atoms with Crippen molar-refractivity contribution in [1.29, 1.82) is 0 Å². The molecule has 72 valence electrons. The number of rotatable bonds is 2. The van der Waals surface area contributed by atoms with E-state index in [2.05, 4.69) is 0 Å². The molecule has 0 unspecified atom stereocenters. The van der Waals surface area contributed by atoms with Gasteiger partial charge in [0.25, 0.3) is 0 Å². The van der Waals surface area contributed by atoms with E-state index in [0.29, 0.717) is 6.42 Å². The highest BCUT2D eigenvalue weighted by molar-refractivity contribution is 5.78. The van der Waals surface area contributed by atoms with E-state index in [9.17, 15) is 4.79 Å². The topological polar surface area (TPSA) is 20.3 Å². The van der Waals surface area contributed by atoms with Gasteiger partial charge in [0.15, 0.2) is 0 Å². The van der Waals surface area contributed by atoms with Gasteiger partial charge < -0.3 is 4.90 Å². The number of nitrogens with zero attached hydrogens (tertiary/aromatic N) is 1. The lowest BCUT2D eigenvalue weighted by atomic mass is 10.2. The quantitative estimate of drug-likeness (QED) is 0.648. The third-order valence-corrected chi connectivity index (χ3v) is 2.35. The number of hydrogen-bond donors (Lipinski definition) is 0. The van der Waals surface area contributed by atoms with E-state index in [4.69, 9.17) is 0 Å². The van der Waals surface area contributed by atoms with Crippen LogP contribution < -0.4 is 0 Å². The molecule has 0 bridgehead atoms. The molecule has 2 nitrogen and oxygen atoms in total. The molecule has 0 atom stereocenters. The third kappa shape index (κ3) is 2.02. The zero-order valence-electron chi connectivity index (χ0n) is 8.02. The molecule has 1 aromatic carbocycles. The first-order chi connectivity index (χ1) is 6.86. The largest absolute Gasteiger partial charge is 0.334 e. The van der Waals surface area contributed by atoms with E-state index >= 15 is 0 Å². The van der Waals surface area contributed by atoms with Crippen molar-refractivity contribution in [3.05, 3.63) is 48.0 Å². The predicted octanol–water partition coefficient (Wildman–Crippen LogP) is 1.98. The van der Waals surface area contributed by atoms with Crippen LogP contribution in [0.25, 0.3) is 0 Å². The van der Waals surface area contributed by atoms with Gasteiger partial charge in [0.1, 0.15) is 0 Å². The molecule has 14 heavy (non-hydrogen) atoms. The van der Waals surface area contributed by atoms with E-state index in [1.165, 1.54) is 5.56 Å². The lowest BCUT2D eigenvalue weighted by molar-refractivity contribution is -0.130.